The van der Waals surface area contributed by atoms with Crippen LogP contribution in [-0.2, 0) is 17.6 Å². The molecule has 0 bridgehead atoms. The van der Waals surface area contributed by atoms with Gasteiger partial charge in [-0.15, -0.1) is 0 Å². The van der Waals surface area contributed by atoms with E-state index in [2.05, 4.69) is 10.1 Å². The van der Waals surface area contributed by atoms with Gasteiger partial charge in [-0.3, -0.25) is 0 Å². The molecule has 0 aliphatic heterocycles. The number of carbonyl (C=O) groups is 1. The van der Waals surface area contributed by atoms with Gasteiger partial charge in [-0.05, 0) is 17.7 Å². The molecule has 16 heavy (non-hydrogen) atoms. The van der Waals surface area contributed by atoms with E-state index in [0.717, 1.165) is 11.8 Å². The summed E-state index contributed by atoms with van der Waals surface area (Å²) < 4.78 is 4.86. The quantitative estimate of drug-likeness (QED) is 0.778. The number of phenolic OH excluding ortho intramolecular Hbond substituents is 1. The van der Waals surface area contributed by atoms with Crippen LogP contribution in [0.25, 0.3) is 0 Å². The van der Waals surface area contributed by atoms with Gasteiger partial charge < -0.3 is 14.4 Å². The Hall–Kier alpha value is -2.17. The Morgan fingerprint density at radius 2 is 2.06 bits per heavy atom. The Morgan fingerprint density at radius 3 is 2.75 bits per heavy atom. The molecule has 1 aromatic heterocycles. The number of rotatable bonds is 4. The van der Waals surface area contributed by atoms with Crippen LogP contribution in [0.4, 0.5) is 0 Å². The molecule has 1 N–H and O–H groups in total. The number of phenols is 1. The largest absolute Gasteiger partial charge is 0.508 e. The zero-order chi connectivity index (χ0) is 11.4. The first-order valence-electron chi connectivity index (χ1n) is 4.81. The van der Waals surface area contributed by atoms with Gasteiger partial charge in [0.1, 0.15) is 12.0 Å². The Bertz CT molecular complexity index is 476. The molecule has 82 valence electrons. The maximum absolute atomic E-state index is 10.2. The Labute approximate surface area is 91.7 Å². The molecular weight excluding hydrogens is 208 g/mol. The second-order valence-corrected chi connectivity index (χ2v) is 3.32. The second kappa shape index (κ2) is 4.57. The predicted octanol–water partition coefficient (Wildman–Crippen LogP) is 1.11. The van der Waals surface area contributed by atoms with Crippen LogP contribution in [-0.4, -0.2) is 21.5 Å². The Balaban J connectivity index is 2.08. The van der Waals surface area contributed by atoms with Gasteiger partial charge in [0.25, 0.3) is 0 Å². The molecule has 0 spiro atoms. The molecule has 2 aromatic rings. The summed E-state index contributed by atoms with van der Waals surface area (Å²) in [4.78, 5) is 14.3. The van der Waals surface area contributed by atoms with Gasteiger partial charge in [0.2, 0.25) is 5.89 Å². The van der Waals surface area contributed by atoms with Gasteiger partial charge in [-0.1, -0.05) is 17.3 Å². The summed E-state index contributed by atoms with van der Waals surface area (Å²) in [6.45, 7) is 0. The highest BCUT2D eigenvalue weighted by Gasteiger charge is 2.06. The number of nitrogens with zero attached hydrogens (tertiary/aromatic N) is 2. The number of hydrogen-bond donors (Lipinski definition) is 1. The summed E-state index contributed by atoms with van der Waals surface area (Å²) in [6.07, 6.45) is 1.38. The smallest absolute Gasteiger partial charge is 0.233 e. The number of hydrogen-bond acceptors (Lipinski definition) is 5. The van der Waals surface area contributed by atoms with Crippen LogP contribution in [0.5, 0.6) is 5.75 Å². The molecule has 0 unspecified atom stereocenters. The van der Waals surface area contributed by atoms with Crippen LogP contribution in [0.15, 0.2) is 28.8 Å². The molecule has 1 heterocycles. The summed E-state index contributed by atoms with van der Waals surface area (Å²) in [7, 11) is 0. The highest BCUT2D eigenvalue weighted by molar-refractivity contribution is 5.52. The lowest BCUT2D eigenvalue weighted by molar-refractivity contribution is -0.107. The molecule has 0 fully saturated rings. The predicted molar refractivity (Wildman–Crippen MR) is 55.0 cm³/mol. The van der Waals surface area contributed by atoms with E-state index in [1.54, 1.807) is 24.3 Å². The van der Waals surface area contributed by atoms with E-state index in [1.807, 2.05) is 0 Å². The maximum Gasteiger partial charge on any atom is 0.233 e. The number of aromatic nitrogens is 2. The molecule has 0 amide bonds. The molecule has 5 heteroatoms. The van der Waals surface area contributed by atoms with E-state index in [1.165, 1.54) is 0 Å². The number of benzene rings is 1. The normalized spacial score (nSPS) is 10.2. The molecule has 0 aliphatic carbocycles. The zero-order valence-corrected chi connectivity index (χ0v) is 8.46. The fraction of sp³-hybridized carbons (Fsp3) is 0.182. The summed E-state index contributed by atoms with van der Waals surface area (Å²) in [6, 6.07) is 6.76. The fourth-order valence-electron chi connectivity index (χ4n) is 1.31. The van der Waals surface area contributed by atoms with Gasteiger partial charge in [0.15, 0.2) is 5.82 Å². The standard InChI is InChI=1S/C11H10N2O3/c14-6-5-11-12-10(13-16-11)7-8-1-3-9(15)4-2-8/h1-4,6,15H,5,7H2. The molecule has 0 aliphatic rings. The molecule has 2 rings (SSSR count). The van der Waals surface area contributed by atoms with Crippen LogP contribution in [0, 0.1) is 0 Å². The van der Waals surface area contributed by atoms with Crippen LogP contribution < -0.4 is 0 Å². The third-order valence-electron chi connectivity index (χ3n) is 2.07. The number of aromatic hydroxyl groups is 1. The first kappa shape index (κ1) is 10.4. The van der Waals surface area contributed by atoms with Gasteiger partial charge in [0.05, 0.1) is 6.42 Å². The first-order valence-corrected chi connectivity index (χ1v) is 4.81. The minimum absolute atomic E-state index is 0.141. The SMILES string of the molecule is O=CCc1nc(Cc2ccc(O)cc2)no1. The van der Waals surface area contributed by atoms with Crippen molar-refractivity contribution >= 4 is 6.29 Å². The van der Waals surface area contributed by atoms with Crippen molar-refractivity contribution in [1.29, 1.82) is 0 Å². The van der Waals surface area contributed by atoms with Gasteiger partial charge in [0, 0.05) is 6.42 Å². The molecule has 0 atom stereocenters. The van der Waals surface area contributed by atoms with Gasteiger partial charge >= 0.3 is 0 Å². The first-order chi connectivity index (χ1) is 7.78. The monoisotopic (exact) mass is 218 g/mol. The molecular formula is C11H10N2O3. The Morgan fingerprint density at radius 1 is 1.31 bits per heavy atom. The lowest BCUT2D eigenvalue weighted by Crippen LogP contribution is -1.91. The van der Waals surface area contributed by atoms with Crippen molar-refractivity contribution in [3.63, 3.8) is 0 Å². The average Bonchev–Trinajstić information content (AvgIpc) is 2.70. The number of carbonyl (C=O) groups excluding carboxylic acids is 1. The van der Waals surface area contributed by atoms with Crippen molar-refractivity contribution in [1.82, 2.24) is 10.1 Å². The molecule has 0 saturated carbocycles. The highest BCUT2D eigenvalue weighted by Crippen LogP contribution is 2.12. The van der Waals surface area contributed by atoms with Crippen molar-refractivity contribution in [2.24, 2.45) is 0 Å². The van der Waals surface area contributed by atoms with Crippen molar-refractivity contribution in [3.05, 3.63) is 41.5 Å². The van der Waals surface area contributed by atoms with Crippen molar-refractivity contribution in [2.45, 2.75) is 12.8 Å². The summed E-state index contributed by atoms with van der Waals surface area (Å²) in [5, 5.41) is 12.9. The molecule has 1 aromatic carbocycles. The summed E-state index contributed by atoms with van der Waals surface area (Å²) in [5.74, 6) is 1.07. The summed E-state index contributed by atoms with van der Waals surface area (Å²) >= 11 is 0. The van der Waals surface area contributed by atoms with E-state index in [4.69, 9.17) is 9.63 Å². The van der Waals surface area contributed by atoms with Crippen molar-refractivity contribution in [3.8, 4) is 5.75 Å². The van der Waals surface area contributed by atoms with Crippen LogP contribution in [0.1, 0.15) is 17.3 Å². The third-order valence-corrected chi connectivity index (χ3v) is 2.07. The van der Waals surface area contributed by atoms with E-state index >= 15 is 0 Å². The minimum atomic E-state index is 0.141. The van der Waals surface area contributed by atoms with Crippen LogP contribution in [0.3, 0.4) is 0 Å². The molecule has 5 nitrogen and oxygen atoms in total. The topological polar surface area (TPSA) is 76.2 Å². The van der Waals surface area contributed by atoms with Crippen molar-refractivity contribution < 1.29 is 14.4 Å². The fourth-order valence-corrected chi connectivity index (χ4v) is 1.31. The lowest BCUT2D eigenvalue weighted by atomic mass is 10.1. The molecule has 0 saturated heterocycles. The van der Waals surface area contributed by atoms with Gasteiger partial charge in [-0.25, -0.2) is 0 Å². The summed E-state index contributed by atoms with van der Waals surface area (Å²) in [5.41, 5.74) is 0.969. The maximum atomic E-state index is 10.2. The average molecular weight is 218 g/mol. The second-order valence-electron chi connectivity index (χ2n) is 3.32. The minimum Gasteiger partial charge on any atom is -0.508 e. The zero-order valence-electron chi connectivity index (χ0n) is 8.46. The Kier molecular flexibility index (Phi) is 2.95. The van der Waals surface area contributed by atoms with Crippen LogP contribution in [0.2, 0.25) is 0 Å². The van der Waals surface area contributed by atoms with E-state index in [-0.39, 0.29) is 12.2 Å². The number of aldehydes is 1. The van der Waals surface area contributed by atoms with E-state index in [0.29, 0.717) is 18.1 Å². The van der Waals surface area contributed by atoms with E-state index in [9.17, 15) is 4.79 Å². The van der Waals surface area contributed by atoms with E-state index < -0.39 is 0 Å². The third kappa shape index (κ3) is 2.44. The van der Waals surface area contributed by atoms with Crippen molar-refractivity contribution in [2.75, 3.05) is 0 Å². The van der Waals surface area contributed by atoms with Crippen LogP contribution >= 0.6 is 0 Å². The lowest BCUT2D eigenvalue weighted by Gasteiger charge is -1.96. The molecule has 0 radical (unpaired) electrons. The highest BCUT2D eigenvalue weighted by atomic mass is 16.5. The van der Waals surface area contributed by atoms with Gasteiger partial charge in [-0.2, -0.15) is 4.98 Å².